The lowest BCUT2D eigenvalue weighted by Gasteiger charge is -2.20. The Morgan fingerprint density at radius 1 is 1.25 bits per heavy atom. The van der Waals surface area contributed by atoms with Crippen LogP contribution in [0.5, 0.6) is 0 Å². The normalized spacial score (nSPS) is 13.8. The van der Waals surface area contributed by atoms with E-state index in [0.29, 0.717) is 12.0 Å². The summed E-state index contributed by atoms with van der Waals surface area (Å²) in [6.45, 7) is 3.82. The van der Waals surface area contributed by atoms with E-state index in [0.717, 1.165) is 0 Å². The fraction of sp³-hybridized carbons (Fsp3) is 0.467. The molecule has 0 heterocycles. The van der Waals surface area contributed by atoms with Crippen molar-refractivity contribution in [2.75, 3.05) is 7.11 Å². The number of aliphatic carboxylic acids is 1. The molecule has 1 rings (SSSR count). The summed E-state index contributed by atoms with van der Waals surface area (Å²) >= 11 is 0. The molecule has 0 aliphatic heterocycles. The number of nitrogens with one attached hydrogen (secondary N) is 1. The zero-order chi connectivity index (χ0) is 15.1. The third kappa shape index (κ3) is 4.66. The highest BCUT2D eigenvalue weighted by Crippen LogP contribution is 2.17. The summed E-state index contributed by atoms with van der Waals surface area (Å²) in [5.74, 6) is -1.30. The van der Waals surface area contributed by atoms with Crippen LogP contribution in [0.1, 0.15) is 31.9 Å². The summed E-state index contributed by atoms with van der Waals surface area (Å²) < 4.78 is 5.18. The average Bonchev–Trinajstić information content (AvgIpc) is 2.39. The lowest BCUT2D eigenvalue weighted by atomic mass is 10.0. The first-order chi connectivity index (χ1) is 9.45. The molecule has 1 aromatic carbocycles. The second kappa shape index (κ2) is 7.65. The number of hydrogen-bond donors (Lipinski definition) is 2. The number of hydrogen-bond acceptors (Lipinski definition) is 3. The second-order valence-electron chi connectivity index (χ2n) is 5.06. The molecule has 1 aromatic rings. The molecule has 5 heteroatoms. The lowest BCUT2D eigenvalue weighted by molar-refractivity contribution is -0.144. The van der Waals surface area contributed by atoms with Crippen molar-refractivity contribution in [2.24, 2.45) is 5.92 Å². The van der Waals surface area contributed by atoms with E-state index in [1.165, 1.54) is 7.11 Å². The molecule has 2 atom stereocenters. The van der Waals surface area contributed by atoms with Gasteiger partial charge in [0.05, 0.1) is 0 Å². The minimum Gasteiger partial charge on any atom is -0.480 e. The fourth-order valence-corrected chi connectivity index (χ4v) is 1.96. The van der Waals surface area contributed by atoms with Gasteiger partial charge in [-0.15, -0.1) is 0 Å². The van der Waals surface area contributed by atoms with Crippen LogP contribution in [0.2, 0.25) is 0 Å². The fourth-order valence-electron chi connectivity index (χ4n) is 1.96. The number of carboxylic acid groups (broad SMARTS) is 1. The predicted molar refractivity (Wildman–Crippen MR) is 75.2 cm³/mol. The number of amides is 1. The maximum absolute atomic E-state index is 12.2. The maximum Gasteiger partial charge on any atom is 0.326 e. The smallest absolute Gasteiger partial charge is 0.326 e. The van der Waals surface area contributed by atoms with Gasteiger partial charge < -0.3 is 15.2 Å². The first-order valence-corrected chi connectivity index (χ1v) is 6.56. The van der Waals surface area contributed by atoms with E-state index < -0.39 is 24.0 Å². The molecule has 0 spiro atoms. The van der Waals surface area contributed by atoms with E-state index in [9.17, 15) is 9.59 Å². The van der Waals surface area contributed by atoms with Crippen molar-refractivity contribution in [3.8, 4) is 0 Å². The van der Waals surface area contributed by atoms with Gasteiger partial charge in [0, 0.05) is 7.11 Å². The van der Waals surface area contributed by atoms with E-state index in [1.807, 2.05) is 19.9 Å². The largest absolute Gasteiger partial charge is 0.480 e. The monoisotopic (exact) mass is 279 g/mol. The van der Waals surface area contributed by atoms with E-state index >= 15 is 0 Å². The molecule has 110 valence electrons. The first kappa shape index (κ1) is 16.2. The molecular formula is C15H21NO4. The van der Waals surface area contributed by atoms with Gasteiger partial charge in [-0.3, -0.25) is 4.79 Å². The number of carbonyl (C=O) groups is 2. The van der Waals surface area contributed by atoms with Crippen molar-refractivity contribution >= 4 is 11.9 Å². The molecule has 0 saturated carbocycles. The van der Waals surface area contributed by atoms with Gasteiger partial charge >= 0.3 is 5.97 Å². The highest BCUT2D eigenvalue weighted by atomic mass is 16.5. The highest BCUT2D eigenvalue weighted by molar-refractivity contribution is 5.87. The van der Waals surface area contributed by atoms with Crippen LogP contribution in [0, 0.1) is 5.92 Å². The number of rotatable bonds is 7. The molecular weight excluding hydrogens is 258 g/mol. The van der Waals surface area contributed by atoms with Crippen molar-refractivity contribution < 1.29 is 19.4 Å². The zero-order valence-corrected chi connectivity index (χ0v) is 12.0. The second-order valence-corrected chi connectivity index (χ2v) is 5.06. The summed E-state index contributed by atoms with van der Waals surface area (Å²) in [6, 6.07) is 8.09. The Labute approximate surface area is 118 Å². The molecule has 5 nitrogen and oxygen atoms in total. The van der Waals surface area contributed by atoms with Crippen LogP contribution < -0.4 is 5.32 Å². The van der Waals surface area contributed by atoms with Crippen LogP contribution in [0.15, 0.2) is 30.3 Å². The van der Waals surface area contributed by atoms with Crippen molar-refractivity contribution in [3.63, 3.8) is 0 Å². The lowest BCUT2D eigenvalue weighted by Crippen LogP contribution is -2.44. The zero-order valence-electron chi connectivity index (χ0n) is 12.0. The van der Waals surface area contributed by atoms with Gasteiger partial charge in [-0.1, -0.05) is 44.2 Å². The minimum absolute atomic E-state index is 0.175. The minimum atomic E-state index is -1.03. The maximum atomic E-state index is 12.2. The number of ether oxygens (including phenoxy) is 1. The van der Waals surface area contributed by atoms with Gasteiger partial charge in [0.1, 0.15) is 6.04 Å². The van der Waals surface area contributed by atoms with E-state index in [4.69, 9.17) is 9.84 Å². The molecule has 0 saturated heterocycles. The molecule has 0 aliphatic carbocycles. The van der Waals surface area contributed by atoms with Crippen molar-refractivity contribution in [1.29, 1.82) is 0 Å². The number of carbonyl (C=O) groups excluding carboxylic acids is 1. The molecule has 1 amide bonds. The van der Waals surface area contributed by atoms with Crippen molar-refractivity contribution in [3.05, 3.63) is 35.9 Å². The first-order valence-electron chi connectivity index (χ1n) is 6.56. The van der Waals surface area contributed by atoms with Gasteiger partial charge in [-0.25, -0.2) is 4.79 Å². The summed E-state index contributed by atoms with van der Waals surface area (Å²) in [5, 5.41) is 11.7. The van der Waals surface area contributed by atoms with E-state index in [2.05, 4.69) is 5.32 Å². The van der Waals surface area contributed by atoms with Gasteiger partial charge in [0.25, 0.3) is 5.91 Å². The van der Waals surface area contributed by atoms with Crippen LogP contribution in [-0.2, 0) is 14.3 Å². The quantitative estimate of drug-likeness (QED) is 0.800. The molecule has 20 heavy (non-hydrogen) atoms. The van der Waals surface area contributed by atoms with Crippen LogP contribution in [0.4, 0.5) is 0 Å². The third-order valence-corrected chi connectivity index (χ3v) is 2.90. The highest BCUT2D eigenvalue weighted by Gasteiger charge is 2.26. The number of benzene rings is 1. The molecule has 0 aromatic heterocycles. The summed E-state index contributed by atoms with van der Waals surface area (Å²) in [5.41, 5.74) is 0.696. The van der Waals surface area contributed by atoms with Crippen LogP contribution >= 0.6 is 0 Å². The van der Waals surface area contributed by atoms with Crippen molar-refractivity contribution in [2.45, 2.75) is 32.4 Å². The van der Waals surface area contributed by atoms with E-state index in [-0.39, 0.29) is 5.92 Å². The molecule has 0 aliphatic rings. The molecule has 0 fully saturated rings. The van der Waals surface area contributed by atoms with Gasteiger partial charge in [0.15, 0.2) is 6.10 Å². The van der Waals surface area contributed by atoms with Gasteiger partial charge in [-0.2, -0.15) is 0 Å². The molecule has 0 radical (unpaired) electrons. The Bertz CT molecular complexity index is 444. The van der Waals surface area contributed by atoms with Crippen LogP contribution in [-0.4, -0.2) is 30.1 Å². The van der Waals surface area contributed by atoms with Crippen LogP contribution in [0.25, 0.3) is 0 Å². The Kier molecular flexibility index (Phi) is 6.18. The summed E-state index contributed by atoms with van der Waals surface area (Å²) in [7, 11) is 1.43. The Balaban J connectivity index is 2.78. The van der Waals surface area contributed by atoms with Crippen molar-refractivity contribution in [1.82, 2.24) is 5.32 Å². The predicted octanol–water partition coefficient (Wildman–Crippen LogP) is 1.99. The summed E-state index contributed by atoms with van der Waals surface area (Å²) in [4.78, 5) is 23.3. The van der Waals surface area contributed by atoms with Gasteiger partial charge in [0.2, 0.25) is 0 Å². The molecule has 2 N–H and O–H groups in total. The Morgan fingerprint density at radius 3 is 2.30 bits per heavy atom. The third-order valence-electron chi connectivity index (χ3n) is 2.90. The van der Waals surface area contributed by atoms with Crippen LogP contribution in [0.3, 0.4) is 0 Å². The van der Waals surface area contributed by atoms with E-state index in [1.54, 1.807) is 24.3 Å². The summed E-state index contributed by atoms with van der Waals surface area (Å²) in [6.07, 6.45) is -0.419. The Hall–Kier alpha value is -1.88. The Morgan fingerprint density at radius 2 is 1.85 bits per heavy atom. The topological polar surface area (TPSA) is 75.6 Å². The molecule has 1 unspecified atom stereocenters. The average molecular weight is 279 g/mol. The number of carboxylic acids is 1. The SMILES string of the molecule is COC(C(=O)N[C@@H](CC(C)C)C(=O)O)c1ccccc1. The number of methoxy groups -OCH3 is 1. The standard InChI is InChI=1S/C15H21NO4/c1-10(2)9-12(15(18)19)16-14(17)13(20-3)11-7-5-4-6-8-11/h4-8,10,12-13H,9H2,1-3H3,(H,16,17)(H,18,19)/t12-,13?/m0/s1. The van der Waals surface area contributed by atoms with Gasteiger partial charge in [-0.05, 0) is 17.9 Å². The molecule has 0 bridgehead atoms.